The van der Waals surface area contributed by atoms with Crippen LogP contribution in [-0.4, -0.2) is 23.1 Å². The molecular formula is C13H15N3O3. The molecule has 2 aromatic heterocycles. The lowest BCUT2D eigenvalue weighted by Crippen LogP contribution is -2.18. The van der Waals surface area contributed by atoms with E-state index in [0.717, 1.165) is 11.5 Å². The van der Waals surface area contributed by atoms with Crippen LogP contribution in [-0.2, 0) is 6.54 Å². The summed E-state index contributed by atoms with van der Waals surface area (Å²) in [5.41, 5.74) is 5.77. The zero-order valence-electron chi connectivity index (χ0n) is 10.8. The van der Waals surface area contributed by atoms with Crippen molar-refractivity contribution in [1.29, 1.82) is 0 Å². The Labute approximate surface area is 110 Å². The maximum atomic E-state index is 11.0. The fourth-order valence-corrected chi connectivity index (χ4v) is 1.73. The van der Waals surface area contributed by atoms with Gasteiger partial charge in [0, 0.05) is 7.05 Å². The van der Waals surface area contributed by atoms with Gasteiger partial charge in [0.1, 0.15) is 17.3 Å². The number of nitrogens with zero attached hydrogens (tertiary/aromatic N) is 2. The first-order valence-electron chi connectivity index (χ1n) is 5.72. The van der Waals surface area contributed by atoms with Gasteiger partial charge in [0.25, 0.3) is 0 Å². The first-order valence-corrected chi connectivity index (χ1v) is 5.72. The van der Waals surface area contributed by atoms with Crippen LogP contribution < -0.4 is 10.6 Å². The Hall–Kier alpha value is -2.50. The third-order valence-corrected chi connectivity index (χ3v) is 2.73. The Morgan fingerprint density at radius 3 is 2.84 bits per heavy atom. The standard InChI is InChI=1S/C13H15N3O3/c1-8-3-4-9(19-8)7-16(2)12-5-10(13(17)18)11(14)6-15-12/h3-6H,7,14H2,1-2H3,(H,17,18). The van der Waals surface area contributed by atoms with Crippen LogP contribution in [0.2, 0.25) is 0 Å². The maximum absolute atomic E-state index is 11.0. The summed E-state index contributed by atoms with van der Waals surface area (Å²) in [5.74, 6) is 1.08. The van der Waals surface area contributed by atoms with E-state index < -0.39 is 5.97 Å². The van der Waals surface area contributed by atoms with Crippen molar-refractivity contribution in [3.63, 3.8) is 0 Å². The summed E-state index contributed by atoms with van der Waals surface area (Å²) in [6.07, 6.45) is 1.35. The van der Waals surface area contributed by atoms with E-state index in [2.05, 4.69) is 4.98 Å². The highest BCUT2D eigenvalue weighted by atomic mass is 16.4. The fourth-order valence-electron chi connectivity index (χ4n) is 1.73. The third-order valence-electron chi connectivity index (χ3n) is 2.73. The largest absolute Gasteiger partial charge is 0.478 e. The van der Waals surface area contributed by atoms with E-state index >= 15 is 0 Å². The van der Waals surface area contributed by atoms with Crippen LogP contribution in [0.1, 0.15) is 21.9 Å². The first-order chi connectivity index (χ1) is 8.97. The number of carbonyl (C=O) groups is 1. The lowest BCUT2D eigenvalue weighted by atomic mass is 10.2. The molecular weight excluding hydrogens is 246 g/mol. The highest BCUT2D eigenvalue weighted by Crippen LogP contribution is 2.19. The van der Waals surface area contributed by atoms with Gasteiger partial charge in [0.2, 0.25) is 0 Å². The summed E-state index contributed by atoms with van der Waals surface area (Å²) < 4.78 is 5.47. The molecule has 0 spiro atoms. The Morgan fingerprint density at radius 1 is 1.53 bits per heavy atom. The third kappa shape index (κ3) is 2.85. The molecule has 100 valence electrons. The molecule has 0 radical (unpaired) electrons. The lowest BCUT2D eigenvalue weighted by Gasteiger charge is -2.17. The Kier molecular flexibility index (Phi) is 3.41. The van der Waals surface area contributed by atoms with E-state index in [1.54, 1.807) is 4.90 Å². The van der Waals surface area contributed by atoms with Crippen LogP contribution >= 0.6 is 0 Å². The van der Waals surface area contributed by atoms with Crippen LogP contribution in [0, 0.1) is 6.92 Å². The van der Waals surface area contributed by atoms with Gasteiger partial charge < -0.3 is 20.2 Å². The van der Waals surface area contributed by atoms with Crippen molar-refractivity contribution >= 4 is 17.5 Å². The second-order valence-electron chi connectivity index (χ2n) is 4.30. The zero-order chi connectivity index (χ0) is 14.0. The van der Waals surface area contributed by atoms with Crippen molar-refractivity contribution in [3.05, 3.63) is 41.5 Å². The molecule has 0 saturated carbocycles. The van der Waals surface area contributed by atoms with E-state index in [1.807, 2.05) is 26.1 Å². The van der Waals surface area contributed by atoms with Gasteiger partial charge in [-0.25, -0.2) is 9.78 Å². The van der Waals surface area contributed by atoms with Gasteiger partial charge in [-0.3, -0.25) is 0 Å². The number of carboxylic acids is 1. The lowest BCUT2D eigenvalue weighted by molar-refractivity contribution is 0.0698. The average Bonchev–Trinajstić information content (AvgIpc) is 2.74. The van der Waals surface area contributed by atoms with Crippen LogP contribution in [0.5, 0.6) is 0 Å². The van der Waals surface area contributed by atoms with E-state index in [0.29, 0.717) is 12.4 Å². The van der Waals surface area contributed by atoms with Crippen molar-refractivity contribution in [2.45, 2.75) is 13.5 Å². The van der Waals surface area contributed by atoms with Crippen LogP contribution in [0.4, 0.5) is 11.5 Å². The quantitative estimate of drug-likeness (QED) is 0.873. The van der Waals surface area contributed by atoms with Crippen LogP contribution in [0.3, 0.4) is 0 Å². The summed E-state index contributed by atoms with van der Waals surface area (Å²) in [6, 6.07) is 5.21. The Bertz CT molecular complexity index is 607. The molecule has 0 atom stereocenters. The molecule has 0 aliphatic heterocycles. The number of hydrogen-bond donors (Lipinski definition) is 2. The summed E-state index contributed by atoms with van der Waals surface area (Å²) in [7, 11) is 1.81. The number of nitrogens with two attached hydrogens (primary N) is 1. The predicted molar refractivity (Wildman–Crippen MR) is 71.2 cm³/mol. The van der Waals surface area contributed by atoms with Crippen molar-refractivity contribution in [2.24, 2.45) is 0 Å². The summed E-state index contributed by atoms with van der Waals surface area (Å²) in [6.45, 7) is 2.37. The van der Waals surface area contributed by atoms with Gasteiger partial charge in [0.05, 0.1) is 24.0 Å². The molecule has 2 rings (SSSR count). The minimum absolute atomic E-state index is 0.0486. The number of pyridine rings is 1. The minimum atomic E-state index is -1.07. The number of aryl methyl sites for hydroxylation is 1. The Morgan fingerprint density at radius 2 is 2.26 bits per heavy atom. The molecule has 0 aliphatic carbocycles. The van der Waals surface area contributed by atoms with Crippen molar-refractivity contribution < 1.29 is 14.3 Å². The van der Waals surface area contributed by atoms with Gasteiger partial charge >= 0.3 is 5.97 Å². The normalized spacial score (nSPS) is 10.4. The first kappa shape index (κ1) is 12.9. The van der Waals surface area contributed by atoms with Gasteiger partial charge in [-0.05, 0) is 25.1 Å². The molecule has 0 fully saturated rings. The number of anilines is 2. The predicted octanol–water partition coefficient (Wildman–Crippen LogP) is 1.90. The van der Waals surface area contributed by atoms with E-state index in [4.69, 9.17) is 15.3 Å². The molecule has 0 bridgehead atoms. The molecule has 6 heteroatoms. The molecule has 0 aliphatic rings. The number of hydrogen-bond acceptors (Lipinski definition) is 5. The Balaban J connectivity index is 2.21. The van der Waals surface area contributed by atoms with Crippen molar-refractivity contribution in [3.8, 4) is 0 Å². The summed E-state index contributed by atoms with van der Waals surface area (Å²) in [4.78, 5) is 16.9. The molecule has 6 nitrogen and oxygen atoms in total. The van der Waals surface area contributed by atoms with Crippen LogP contribution in [0.25, 0.3) is 0 Å². The molecule has 2 aromatic rings. The summed E-state index contributed by atoms with van der Waals surface area (Å²) in [5, 5.41) is 9.02. The SMILES string of the molecule is Cc1ccc(CN(C)c2cc(C(=O)O)c(N)cn2)o1. The van der Waals surface area contributed by atoms with Gasteiger partial charge in [-0.1, -0.05) is 0 Å². The second kappa shape index (κ2) is 5.01. The summed E-state index contributed by atoms with van der Waals surface area (Å²) >= 11 is 0. The monoisotopic (exact) mass is 261 g/mol. The molecule has 0 unspecified atom stereocenters. The molecule has 0 aromatic carbocycles. The fraction of sp³-hybridized carbons (Fsp3) is 0.231. The maximum Gasteiger partial charge on any atom is 0.337 e. The number of aromatic nitrogens is 1. The van der Waals surface area contributed by atoms with Crippen LogP contribution in [0.15, 0.2) is 28.8 Å². The number of furan rings is 1. The average molecular weight is 261 g/mol. The smallest absolute Gasteiger partial charge is 0.337 e. The molecule has 19 heavy (non-hydrogen) atoms. The molecule has 0 amide bonds. The molecule has 0 saturated heterocycles. The number of nitrogen functional groups attached to an aromatic ring is 1. The van der Waals surface area contributed by atoms with Gasteiger partial charge in [-0.2, -0.15) is 0 Å². The van der Waals surface area contributed by atoms with E-state index in [-0.39, 0.29) is 11.3 Å². The molecule has 2 heterocycles. The van der Waals surface area contributed by atoms with E-state index in [1.165, 1.54) is 12.3 Å². The highest BCUT2D eigenvalue weighted by Gasteiger charge is 2.13. The second-order valence-corrected chi connectivity index (χ2v) is 4.30. The van der Waals surface area contributed by atoms with Gasteiger partial charge in [-0.15, -0.1) is 0 Å². The molecule has 3 N–H and O–H groups in total. The number of carboxylic acid groups (broad SMARTS) is 1. The number of rotatable bonds is 4. The van der Waals surface area contributed by atoms with E-state index in [9.17, 15) is 4.79 Å². The van der Waals surface area contributed by atoms with Crippen molar-refractivity contribution in [2.75, 3.05) is 17.7 Å². The highest BCUT2D eigenvalue weighted by molar-refractivity contribution is 5.94. The van der Waals surface area contributed by atoms with Crippen molar-refractivity contribution in [1.82, 2.24) is 4.98 Å². The minimum Gasteiger partial charge on any atom is -0.478 e. The topological polar surface area (TPSA) is 92.6 Å². The zero-order valence-corrected chi connectivity index (χ0v) is 10.8. The number of aromatic carboxylic acids is 1. The van der Waals surface area contributed by atoms with Gasteiger partial charge in [0.15, 0.2) is 0 Å².